The number of carbonyl (C=O) groups excluding carboxylic acids is 3. The van der Waals surface area contributed by atoms with Gasteiger partial charge >= 0.3 is 0 Å². The van der Waals surface area contributed by atoms with Crippen molar-refractivity contribution in [2.75, 3.05) is 39.8 Å². The Bertz CT molecular complexity index is 706. The maximum atomic E-state index is 12.9. The molecule has 0 bridgehead atoms. The highest BCUT2D eigenvalue weighted by molar-refractivity contribution is 5.92. The summed E-state index contributed by atoms with van der Waals surface area (Å²) < 4.78 is 0. The third kappa shape index (κ3) is 3.57. The second kappa shape index (κ2) is 7.05. The van der Waals surface area contributed by atoms with E-state index in [1.165, 1.54) is 0 Å². The van der Waals surface area contributed by atoms with Gasteiger partial charge in [-0.25, -0.2) is 0 Å². The Labute approximate surface area is 154 Å². The minimum Gasteiger partial charge on any atom is -0.345 e. The highest BCUT2D eigenvalue weighted by Gasteiger charge is 2.47. The molecule has 7 heteroatoms. The van der Waals surface area contributed by atoms with Gasteiger partial charge in [-0.05, 0) is 12.1 Å². The average molecular weight is 358 g/mol. The molecular weight excluding hydrogens is 332 g/mol. The Hall–Kier alpha value is -2.44. The highest BCUT2D eigenvalue weighted by Crippen LogP contribution is 2.35. The summed E-state index contributed by atoms with van der Waals surface area (Å²) in [6.45, 7) is 6.21. The number of amides is 3. The number of rotatable bonds is 2. The molecule has 2 aliphatic heterocycles. The molecule has 0 aromatic carbocycles. The van der Waals surface area contributed by atoms with Crippen LogP contribution in [0.2, 0.25) is 0 Å². The van der Waals surface area contributed by atoms with E-state index in [-0.39, 0.29) is 23.6 Å². The van der Waals surface area contributed by atoms with E-state index in [4.69, 9.17) is 0 Å². The van der Waals surface area contributed by atoms with E-state index in [1.54, 1.807) is 41.2 Å². The Morgan fingerprint density at radius 3 is 2.38 bits per heavy atom. The summed E-state index contributed by atoms with van der Waals surface area (Å²) >= 11 is 0. The third-order valence-corrected chi connectivity index (χ3v) is 5.19. The van der Waals surface area contributed by atoms with Gasteiger partial charge in [0.15, 0.2) is 0 Å². The number of carbonyl (C=O) groups is 3. The van der Waals surface area contributed by atoms with E-state index >= 15 is 0 Å². The molecule has 26 heavy (non-hydrogen) atoms. The maximum Gasteiger partial charge on any atom is 0.272 e. The predicted octanol–water partition coefficient (Wildman–Crippen LogP) is 0.871. The largest absolute Gasteiger partial charge is 0.345 e. The zero-order chi connectivity index (χ0) is 18.9. The van der Waals surface area contributed by atoms with Crippen molar-refractivity contribution >= 4 is 17.7 Å². The van der Waals surface area contributed by atoms with Gasteiger partial charge in [-0.1, -0.05) is 19.9 Å². The van der Waals surface area contributed by atoms with Crippen LogP contribution in [0.25, 0.3) is 0 Å². The topological polar surface area (TPSA) is 73.8 Å². The molecule has 1 spiro atoms. The van der Waals surface area contributed by atoms with Gasteiger partial charge in [-0.3, -0.25) is 19.4 Å². The highest BCUT2D eigenvalue weighted by atomic mass is 16.2. The molecule has 1 unspecified atom stereocenters. The van der Waals surface area contributed by atoms with E-state index < -0.39 is 5.41 Å². The van der Waals surface area contributed by atoms with Crippen molar-refractivity contribution in [2.24, 2.45) is 11.3 Å². The van der Waals surface area contributed by atoms with Crippen LogP contribution in [-0.2, 0) is 9.59 Å². The van der Waals surface area contributed by atoms with Gasteiger partial charge in [0, 0.05) is 63.7 Å². The lowest BCUT2D eigenvalue weighted by molar-refractivity contribution is -0.135. The molecule has 2 saturated heterocycles. The Morgan fingerprint density at radius 1 is 1.12 bits per heavy atom. The van der Waals surface area contributed by atoms with E-state index in [9.17, 15) is 14.4 Å². The minimum absolute atomic E-state index is 0.0640. The van der Waals surface area contributed by atoms with Crippen LogP contribution in [0.3, 0.4) is 0 Å². The third-order valence-electron chi connectivity index (χ3n) is 5.19. The molecule has 3 heterocycles. The summed E-state index contributed by atoms with van der Waals surface area (Å²) in [5, 5.41) is 0. The first-order valence-corrected chi connectivity index (χ1v) is 9.04. The fourth-order valence-electron chi connectivity index (χ4n) is 3.95. The fourth-order valence-corrected chi connectivity index (χ4v) is 3.95. The summed E-state index contributed by atoms with van der Waals surface area (Å²) in [6.07, 6.45) is 1.96. The summed E-state index contributed by atoms with van der Waals surface area (Å²) in [5.41, 5.74) is -0.0268. The maximum absolute atomic E-state index is 12.9. The second-order valence-electron chi connectivity index (χ2n) is 7.78. The van der Waals surface area contributed by atoms with E-state index in [2.05, 4.69) is 4.98 Å². The number of pyridine rings is 1. The van der Waals surface area contributed by atoms with Crippen molar-refractivity contribution < 1.29 is 14.4 Å². The van der Waals surface area contributed by atoms with Crippen LogP contribution in [-0.4, -0.2) is 77.2 Å². The van der Waals surface area contributed by atoms with Crippen LogP contribution in [0.4, 0.5) is 0 Å². The van der Waals surface area contributed by atoms with Crippen LogP contribution < -0.4 is 0 Å². The smallest absolute Gasteiger partial charge is 0.272 e. The van der Waals surface area contributed by atoms with Gasteiger partial charge in [0.1, 0.15) is 5.69 Å². The van der Waals surface area contributed by atoms with E-state index in [1.807, 2.05) is 18.7 Å². The first-order chi connectivity index (χ1) is 12.3. The van der Waals surface area contributed by atoms with Crippen molar-refractivity contribution in [3.05, 3.63) is 30.1 Å². The van der Waals surface area contributed by atoms with Crippen LogP contribution >= 0.6 is 0 Å². The summed E-state index contributed by atoms with van der Waals surface area (Å²) in [7, 11) is 1.78. The number of likely N-dealkylation sites (tertiary alicyclic amines) is 1. The molecule has 3 rings (SSSR count). The Morgan fingerprint density at radius 2 is 1.81 bits per heavy atom. The molecule has 0 aliphatic carbocycles. The van der Waals surface area contributed by atoms with Gasteiger partial charge in [-0.15, -0.1) is 0 Å². The van der Waals surface area contributed by atoms with Crippen LogP contribution in [0, 0.1) is 11.3 Å². The molecule has 2 fully saturated rings. The predicted molar refractivity (Wildman–Crippen MR) is 96.2 cm³/mol. The normalized spacial score (nSPS) is 23.7. The lowest BCUT2D eigenvalue weighted by atomic mass is 9.85. The fraction of sp³-hybridized carbons (Fsp3) is 0.579. The molecule has 1 aromatic rings. The van der Waals surface area contributed by atoms with Crippen molar-refractivity contribution in [1.82, 2.24) is 19.7 Å². The standard InChI is InChI=1S/C19H26N4O3/c1-14(2)17(25)22-8-9-23(18(26)15-6-4-5-7-20-15)13-19(12-22)10-16(24)21(3)11-19/h4-7,14H,8-13H2,1-3H3. The molecule has 0 radical (unpaired) electrons. The van der Waals surface area contributed by atoms with Gasteiger partial charge in [-0.2, -0.15) is 0 Å². The van der Waals surface area contributed by atoms with Crippen LogP contribution in [0.5, 0.6) is 0 Å². The summed E-state index contributed by atoms with van der Waals surface area (Å²) in [4.78, 5) is 47.2. The van der Waals surface area contributed by atoms with Crippen molar-refractivity contribution in [3.8, 4) is 0 Å². The molecular formula is C19H26N4O3. The molecule has 0 saturated carbocycles. The SMILES string of the molecule is CC(C)C(=O)N1CCN(C(=O)c2ccccn2)CC2(CC(=O)N(C)C2)C1. The summed E-state index contributed by atoms with van der Waals surface area (Å²) in [6, 6.07) is 5.26. The molecule has 7 nitrogen and oxygen atoms in total. The first-order valence-electron chi connectivity index (χ1n) is 9.04. The second-order valence-corrected chi connectivity index (χ2v) is 7.78. The van der Waals surface area contributed by atoms with Gasteiger partial charge < -0.3 is 14.7 Å². The molecule has 140 valence electrons. The van der Waals surface area contributed by atoms with Crippen LogP contribution in [0.1, 0.15) is 30.8 Å². The molecule has 1 atom stereocenters. The summed E-state index contributed by atoms with van der Waals surface area (Å²) in [5.74, 6) is -0.127. The molecule has 3 amide bonds. The Balaban J connectivity index is 1.88. The van der Waals surface area contributed by atoms with E-state index in [0.717, 1.165) is 0 Å². The first kappa shape index (κ1) is 18.4. The lowest BCUT2D eigenvalue weighted by Crippen LogP contribution is -2.46. The average Bonchev–Trinajstić information content (AvgIpc) is 2.79. The monoisotopic (exact) mass is 358 g/mol. The molecule has 0 N–H and O–H groups in total. The zero-order valence-electron chi connectivity index (χ0n) is 15.6. The van der Waals surface area contributed by atoms with Crippen molar-refractivity contribution in [3.63, 3.8) is 0 Å². The number of nitrogens with zero attached hydrogens (tertiary/aromatic N) is 4. The van der Waals surface area contributed by atoms with Crippen molar-refractivity contribution in [2.45, 2.75) is 20.3 Å². The van der Waals surface area contributed by atoms with Gasteiger partial charge in [0.25, 0.3) is 5.91 Å². The number of hydrogen-bond donors (Lipinski definition) is 0. The quantitative estimate of drug-likeness (QED) is 0.786. The van der Waals surface area contributed by atoms with Gasteiger partial charge in [0.2, 0.25) is 11.8 Å². The van der Waals surface area contributed by atoms with Gasteiger partial charge in [0.05, 0.1) is 0 Å². The number of hydrogen-bond acceptors (Lipinski definition) is 4. The lowest BCUT2D eigenvalue weighted by Gasteiger charge is -2.33. The Kier molecular flexibility index (Phi) is 4.98. The van der Waals surface area contributed by atoms with E-state index in [0.29, 0.717) is 44.8 Å². The molecule has 1 aromatic heterocycles. The van der Waals surface area contributed by atoms with Crippen LogP contribution in [0.15, 0.2) is 24.4 Å². The molecule has 2 aliphatic rings. The zero-order valence-corrected chi connectivity index (χ0v) is 15.6. The number of aromatic nitrogens is 1. The van der Waals surface area contributed by atoms with Crippen molar-refractivity contribution in [1.29, 1.82) is 0 Å². The minimum atomic E-state index is -0.419.